The molecule has 3 amide bonds. The number of carbonyl (C=O) groups is 3. The van der Waals surface area contributed by atoms with Crippen molar-refractivity contribution in [3.8, 4) is 0 Å². The fourth-order valence-electron chi connectivity index (χ4n) is 3.78. The van der Waals surface area contributed by atoms with E-state index in [1.807, 2.05) is 0 Å². The number of rotatable bonds is 8. The van der Waals surface area contributed by atoms with E-state index < -0.39 is 23.6 Å². The van der Waals surface area contributed by atoms with Gasteiger partial charge >= 0.3 is 6.18 Å². The van der Waals surface area contributed by atoms with E-state index in [4.69, 9.17) is 0 Å². The van der Waals surface area contributed by atoms with Gasteiger partial charge in [0.2, 0.25) is 11.9 Å². The predicted molar refractivity (Wildman–Crippen MR) is 154 cm³/mol. The average molecular weight is 575 g/mol. The summed E-state index contributed by atoms with van der Waals surface area (Å²) in [6.07, 6.45) is 1.26. The van der Waals surface area contributed by atoms with Crippen LogP contribution in [0.2, 0.25) is 0 Å². The molecule has 12 heteroatoms. The molecule has 0 saturated heterocycles. The molecule has 0 bridgehead atoms. The SMILES string of the molecule is CC=CC(=O)Nc1cccc(Nc2ncc(NC(=O)c3cc(NC(=O)c4cccc(C(F)(F)F)c4)ccc3C)cn2)c1. The van der Waals surface area contributed by atoms with Gasteiger partial charge in [-0.25, -0.2) is 9.97 Å². The first-order valence-electron chi connectivity index (χ1n) is 12.6. The lowest BCUT2D eigenvalue weighted by molar-refractivity contribution is -0.137. The van der Waals surface area contributed by atoms with Gasteiger partial charge in [-0.1, -0.05) is 24.3 Å². The highest BCUT2D eigenvalue weighted by molar-refractivity contribution is 6.08. The Labute approximate surface area is 238 Å². The van der Waals surface area contributed by atoms with Gasteiger partial charge in [0.25, 0.3) is 11.8 Å². The molecule has 1 heterocycles. The first kappa shape index (κ1) is 29.5. The Morgan fingerprint density at radius 1 is 0.762 bits per heavy atom. The largest absolute Gasteiger partial charge is 0.416 e. The standard InChI is InChI=1S/C30H25F3N6O3/c1-3-6-26(40)36-21-9-5-10-22(14-21)39-29-34-16-24(17-35-29)38-28(42)25-15-23(12-11-18(25)2)37-27(41)19-7-4-8-20(13-19)30(31,32)33/h3-17H,1-2H3,(H,36,40)(H,37,41)(H,38,42)(H,34,35,39). The quantitative estimate of drug-likeness (QED) is 0.177. The highest BCUT2D eigenvalue weighted by atomic mass is 19.4. The summed E-state index contributed by atoms with van der Waals surface area (Å²) in [5.41, 5.74) is 1.46. The van der Waals surface area contributed by atoms with Gasteiger partial charge in [-0.3, -0.25) is 14.4 Å². The number of alkyl halides is 3. The second kappa shape index (κ2) is 12.8. The molecule has 0 unspecified atom stereocenters. The van der Waals surface area contributed by atoms with Crippen molar-refractivity contribution in [1.29, 1.82) is 0 Å². The van der Waals surface area contributed by atoms with Gasteiger partial charge in [0, 0.05) is 28.2 Å². The Hall–Kier alpha value is -5.52. The van der Waals surface area contributed by atoms with Gasteiger partial charge in [-0.15, -0.1) is 0 Å². The maximum Gasteiger partial charge on any atom is 0.416 e. The molecule has 0 spiro atoms. The van der Waals surface area contributed by atoms with Gasteiger partial charge in [0.05, 0.1) is 23.6 Å². The van der Waals surface area contributed by atoms with E-state index in [2.05, 4.69) is 31.2 Å². The molecule has 0 aliphatic rings. The van der Waals surface area contributed by atoms with Crippen LogP contribution in [0.5, 0.6) is 0 Å². The molecule has 0 saturated carbocycles. The van der Waals surface area contributed by atoms with Crippen LogP contribution in [0.25, 0.3) is 0 Å². The third kappa shape index (κ3) is 7.78. The summed E-state index contributed by atoms with van der Waals surface area (Å²) in [5, 5.41) is 11.0. The van der Waals surface area contributed by atoms with Crippen LogP contribution < -0.4 is 21.3 Å². The van der Waals surface area contributed by atoms with Gasteiger partial charge in [0.1, 0.15) is 0 Å². The number of allylic oxidation sites excluding steroid dienone is 1. The second-order valence-electron chi connectivity index (χ2n) is 9.01. The van der Waals surface area contributed by atoms with E-state index >= 15 is 0 Å². The number of aromatic nitrogens is 2. The fourth-order valence-corrected chi connectivity index (χ4v) is 3.78. The summed E-state index contributed by atoms with van der Waals surface area (Å²) >= 11 is 0. The minimum atomic E-state index is -4.58. The molecule has 4 rings (SSSR count). The molecule has 4 N–H and O–H groups in total. The number of anilines is 5. The molecule has 1 aromatic heterocycles. The monoisotopic (exact) mass is 574 g/mol. The van der Waals surface area contributed by atoms with Crippen molar-refractivity contribution in [1.82, 2.24) is 9.97 Å². The second-order valence-corrected chi connectivity index (χ2v) is 9.01. The van der Waals surface area contributed by atoms with E-state index in [9.17, 15) is 27.6 Å². The molecule has 0 aliphatic carbocycles. The fraction of sp³-hybridized carbons (Fsp3) is 0.100. The number of amides is 3. The van der Waals surface area contributed by atoms with Crippen LogP contribution in [-0.4, -0.2) is 27.7 Å². The van der Waals surface area contributed by atoms with E-state index in [0.29, 0.717) is 22.6 Å². The number of hydrogen-bond acceptors (Lipinski definition) is 6. The molecule has 214 valence electrons. The number of benzene rings is 3. The Morgan fingerprint density at radius 2 is 1.43 bits per heavy atom. The summed E-state index contributed by atoms with van der Waals surface area (Å²) in [6, 6.07) is 15.6. The zero-order valence-corrected chi connectivity index (χ0v) is 22.4. The van der Waals surface area contributed by atoms with Crippen LogP contribution in [0.15, 0.2) is 91.3 Å². The summed E-state index contributed by atoms with van der Waals surface area (Å²) < 4.78 is 39.0. The van der Waals surface area contributed by atoms with E-state index in [1.165, 1.54) is 30.6 Å². The highest BCUT2D eigenvalue weighted by Gasteiger charge is 2.31. The number of nitrogens with one attached hydrogen (secondary N) is 4. The maximum atomic E-state index is 13.0. The molecular weight excluding hydrogens is 549 g/mol. The molecule has 9 nitrogen and oxygen atoms in total. The zero-order chi connectivity index (χ0) is 30.3. The Kier molecular flexibility index (Phi) is 8.96. The normalized spacial score (nSPS) is 11.2. The summed E-state index contributed by atoms with van der Waals surface area (Å²) in [7, 11) is 0. The Bertz CT molecular complexity index is 1650. The van der Waals surface area contributed by atoms with Crippen molar-refractivity contribution in [2.75, 3.05) is 21.3 Å². The molecule has 0 atom stereocenters. The van der Waals surface area contributed by atoms with Gasteiger partial charge in [0.15, 0.2) is 0 Å². The Balaban J connectivity index is 1.41. The summed E-state index contributed by atoms with van der Waals surface area (Å²) in [4.78, 5) is 45.7. The van der Waals surface area contributed by atoms with Crippen LogP contribution in [0.4, 0.5) is 41.9 Å². The van der Waals surface area contributed by atoms with Crippen molar-refractivity contribution >= 4 is 46.4 Å². The minimum absolute atomic E-state index is 0.174. The van der Waals surface area contributed by atoms with Crippen molar-refractivity contribution < 1.29 is 27.6 Å². The maximum absolute atomic E-state index is 13.0. The molecule has 42 heavy (non-hydrogen) atoms. The summed E-state index contributed by atoms with van der Waals surface area (Å²) in [6.45, 7) is 3.44. The van der Waals surface area contributed by atoms with Crippen molar-refractivity contribution in [2.24, 2.45) is 0 Å². The smallest absolute Gasteiger partial charge is 0.324 e. The van der Waals surface area contributed by atoms with Crippen molar-refractivity contribution in [3.05, 3.63) is 114 Å². The van der Waals surface area contributed by atoms with Gasteiger partial charge in [-0.05, 0) is 74.0 Å². The van der Waals surface area contributed by atoms with Crippen LogP contribution in [0.3, 0.4) is 0 Å². The van der Waals surface area contributed by atoms with E-state index in [1.54, 1.807) is 56.3 Å². The van der Waals surface area contributed by atoms with Crippen LogP contribution in [0, 0.1) is 6.92 Å². The van der Waals surface area contributed by atoms with Crippen molar-refractivity contribution in [3.63, 3.8) is 0 Å². The number of halogens is 3. The lowest BCUT2D eigenvalue weighted by Gasteiger charge is -2.12. The number of nitrogens with zero attached hydrogens (tertiary/aromatic N) is 2. The average Bonchev–Trinajstić information content (AvgIpc) is 2.95. The van der Waals surface area contributed by atoms with Crippen molar-refractivity contribution in [2.45, 2.75) is 20.0 Å². The van der Waals surface area contributed by atoms with Gasteiger partial charge in [-0.2, -0.15) is 13.2 Å². The lowest BCUT2D eigenvalue weighted by atomic mass is 10.1. The minimum Gasteiger partial charge on any atom is -0.324 e. The van der Waals surface area contributed by atoms with Crippen LogP contribution in [0.1, 0.15) is 38.8 Å². The number of carbonyl (C=O) groups excluding carboxylic acids is 3. The first-order chi connectivity index (χ1) is 20.0. The Morgan fingerprint density at radius 3 is 2.14 bits per heavy atom. The number of hydrogen-bond donors (Lipinski definition) is 4. The summed E-state index contributed by atoms with van der Waals surface area (Å²) in [5.74, 6) is -1.26. The van der Waals surface area contributed by atoms with E-state index in [0.717, 1.165) is 18.2 Å². The van der Waals surface area contributed by atoms with Crippen LogP contribution >= 0.6 is 0 Å². The molecule has 4 aromatic rings. The van der Waals surface area contributed by atoms with Gasteiger partial charge < -0.3 is 21.3 Å². The molecule has 0 aliphatic heterocycles. The number of aryl methyl sites for hydroxylation is 1. The van der Waals surface area contributed by atoms with Crippen LogP contribution in [-0.2, 0) is 11.0 Å². The molecule has 3 aromatic carbocycles. The molecule has 0 fully saturated rings. The third-order valence-corrected chi connectivity index (χ3v) is 5.81. The lowest BCUT2D eigenvalue weighted by Crippen LogP contribution is -2.16. The van der Waals surface area contributed by atoms with E-state index in [-0.39, 0.29) is 28.7 Å². The topological polar surface area (TPSA) is 125 Å². The third-order valence-electron chi connectivity index (χ3n) is 5.81. The first-order valence-corrected chi connectivity index (χ1v) is 12.6. The predicted octanol–water partition coefficient (Wildman–Crippen LogP) is 6.57. The molecular formula is C30H25F3N6O3. The zero-order valence-electron chi connectivity index (χ0n) is 22.4. The highest BCUT2D eigenvalue weighted by Crippen LogP contribution is 2.30. The molecule has 0 radical (unpaired) electrons.